The second-order valence-electron chi connectivity index (χ2n) is 5.65. The van der Waals surface area contributed by atoms with Crippen molar-refractivity contribution in [1.82, 2.24) is 10.0 Å². The van der Waals surface area contributed by atoms with Crippen LogP contribution >= 0.6 is 0 Å². The van der Waals surface area contributed by atoms with Crippen molar-refractivity contribution >= 4 is 21.9 Å². The summed E-state index contributed by atoms with van der Waals surface area (Å²) in [4.78, 5) is 22.6. The van der Waals surface area contributed by atoms with Crippen molar-refractivity contribution < 1.29 is 35.9 Å². The molecule has 0 aliphatic rings. The Kier molecular flexibility index (Phi) is 7.16. The molecule has 0 spiro atoms. The van der Waals surface area contributed by atoms with Crippen molar-refractivity contribution in [3.8, 4) is 0 Å². The van der Waals surface area contributed by atoms with Gasteiger partial charge in [-0.15, -0.1) is 0 Å². The number of rotatable bonds is 7. The zero-order valence-corrected chi connectivity index (χ0v) is 15.1. The number of alkyl halides is 3. The Labute approximate surface area is 149 Å². The van der Waals surface area contributed by atoms with Gasteiger partial charge in [0.05, 0.1) is 10.5 Å². The first-order valence-electron chi connectivity index (χ1n) is 7.49. The van der Waals surface area contributed by atoms with E-state index in [1.165, 1.54) is 6.92 Å². The molecule has 0 aliphatic carbocycles. The molecule has 0 saturated carbocycles. The van der Waals surface area contributed by atoms with E-state index in [1.54, 1.807) is 13.8 Å². The van der Waals surface area contributed by atoms with E-state index in [9.17, 15) is 31.2 Å². The Bertz CT molecular complexity index is 763. The van der Waals surface area contributed by atoms with Gasteiger partial charge in [-0.1, -0.05) is 6.07 Å². The fourth-order valence-corrected chi connectivity index (χ4v) is 2.79. The molecule has 0 aliphatic heterocycles. The highest BCUT2D eigenvalue weighted by molar-refractivity contribution is 7.89. The molecule has 11 heteroatoms. The van der Waals surface area contributed by atoms with Crippen LogP contribution < -0.4 is 10.0 Å². The Balaban J connectivity index is 2.71. The number of benzene rings is 1. The molecule has 0 heterocycles. The standard InChI is InChI=1S/C15H19F3N2O5S/c1-9(2)20-14(22)10(3)25-13(21)8-19-26(23,24)12-6-4-5-11(7-12)15(16,17)18/h4-7,9-10,19H,8H2,1-3H3,(H,20,22). The molecule has 0 bridgehead atoms. The van der Waals surface area contributed by atoms with Crippen LogP contribution in [0.3, 0.4) is 0 Å². The molecule has 0 fully saturated rings. The minimum atomic E-state index is -4.70. The van der Waals surface area contributed by atoms with Crippen molar-refractivity contribution in [3.63, 3.8) is 0 Å². The fourth-order valence-electron chi connectivity index (χ4n) is 1.77. The van der Waals surface area contributed by atoms with Crippen molar-refractivity contribution in [2.24, 2.45) is 0 Å². The SMILES string of the molecule is CC(C)NC(=O)C(C)OC(=O)CNS(=O)(=O)c1cccc(C(F)(F)F)c1. The predicted molar refractivity (Wildman–Crippen MR) is 85.5 cm³/mol. The lowest BCUT2D eigenvalue weighted by Gasteiger charge is -2.15. The Morgan fingerprint density at radius 2 is 1.81 bits per heavy atom. The summed E-state index contributed by atoms with van der Waals surface area (Å²) in [5.74, 6) is -1.61. The van der Waals surface area contributed by atoms with Crippen LogP contribution in [0, 0.1) is 0 Å². The quantitative estimate of drug-likeness (QED) is 0.679. The molecule has 146 valence electrons. The van der Waals surface area contributed by atoms with E-state index in [-0.39, 0.29) is 6.04 Å². The first-order valence-corrected chi connectivity index (χ1v) is 8.98. The summed E-state index contributed by atoms with van der Waals surface area (Å²) in [5.41, 5.74) is -1.14. The van der Waals surface area contributed by atoms with Gasteiger partial charge < -0.3 is 10.1 Å². The summed E-state index contributed by atoms with van der Waals surface area (Å²) in [6.45, 7) is 3.88. The second kappa shape index (κ2) is 8.49. The number of carbonyl (C=O) groups is 2. The molecular formula is C15H19F3N2O5S. The number of carbonyl (C=O) groups excluding carboxylic acids is 2. The van der Waals surface area contributed by atoms with Crippen LogP contribution in [0.15, 0.2) is 29.2 Å². The van der Waals surface area contributed by atoms with Crippen LogP contribution in [-0.2, 0) is 30.5 Å². The minimum Gasteiger partial charge on any atom is -0.452 e. The van der Waals surface area contributed by atoms with Gasteiger partial charge in [0.15, 0.2) is 6.10 Å². The molecule has 0 radical (unpaired) electrons. The molecule has 0 saturated heterocycles. The summed E-state index contributed by atoms with van der Waals surface area (Å²) in [7, 11) is -4.36. The van der Waals surface area contributed by atoms with E-state index in [2.05, 4.69) is 5.32 Å². The van der Waals surface area contributed by atoms with Crippen LogP contribution in [-0.4, -0.2) is 39.0 Å². The molecule has 1 aromatic carbocycles. The third-order valence-corrected chi connectivity index (χ3v) is 4.39. The molecule has 1 rings (SSSR count). The Morgan fingerprint density at radius 3 is 2.35 bits per heavy atom. The first-order chi connectivity index (χ1) is 11.8. The van der Waals surface area contributed by atoms with E-state index < -0.39 is 51.2 Å². The number of ether oxygens (including phenoxy) is 1. The van der Waals surface area contributed by atoms with Crippen LogP contribution in [0.4, 0.5) is 13.2 Å². The van der Waals surface area contributed by atoms with Gasteiger partial charge in [-0.2, -0.15) is 17.9 Å². The molecule has 1 atom stereocenters. The maximum Gasteiger partial charge on any atom is 0.416 e. The largest absolute Gasteiger partial charge is 0.452 e. The van der Waals surface area contributed by atoms with Crippen LogP contribution in [0.2, 0.25) is 0 Å². The smallest absolute Gasteiger partial charge is 0.416 e. The summed E-state index contributed by atoms with van der Waals surface area (Å²) in [5, 5.41) is 2.51. The van der Waals surface area contributed by atoms with Gasteiger partial charge in [0.2, 0.25) is 10.0 Å². The maximum atomic E-state index is 12.7. The van der Waals surface area contributed by atoms with Crippen LogP contribution in [0.25, 0.3) is 0 Å². The highest BCUT2D eigenvalue weighted by Crippen LogP contribution is 2.30. The molecule has 1 aromatic rings. The van der Waals surface area contributed by atoms with Gasteiger partial charge in [0.25, 0.3) is 5.91 Å². The van der Waals surface area contributed by atoms with Gasteiger partial charge in [-0.05, 0) is 39.0 Å². The highest BCUT2D eigenvalue weighted by Gasteiger charge is 2.31. The average Bonchev–Trinajstić information content (AvgIpc) is 2.51. The molecule has 7 nitrogen and oxygen atoms in total. The number of nitrogens with one attached hydrogen (secondary N) is 2. The van der Waals surface area contributed by atoms with E-state index in [0.29, 0.717) is 6.07 Å². The van der Waals surface area contributed by atoms with Gasteiger partial charge in [0.1, 0.15) is 6.54 Å². The lowest BCUT2D eigenvalue weighted by molar-refractivity contribution is -0.153. The molecule has 0 aromatic heterocycles. The second-order valence-corrected chi connectivity index (χ2v) is 7.41. The zero-order valence-electron chi connectivity index (χ0n) is 14.3. The maximum absolute atomic E-state index is 12.7. The number of sulfonamides is 1. The minimum absolute atomic E-state index is 0.178. The molecular weight excluding hydrogens is 377 g/mol. The van der Waals surface area contributed by atoms with Gasteiger partial charge in [-0.25, -0.2) is 8.42 Å². The van der Waals surface area contributed by atoms with Crippen molar-refractivity contribution in [1.29, 1.82) is 0 Å². The fraction of sp³-hybridized carbons (Fsp3) is 0.467. The van der Waals surface area contributed by atoms with Gasteiger partial charge >= 0.3 is 12.1 Å². The normalized spacial score (nSPS) is 13.3. The lowest BCUT2D eigenvalue weighted by Crippen LogP contribution is -2.41. The predicted octanol–water partition coefficient (Wildman–Crippen LogP) is 1.44. The monoisotopic (exact) mass is 396 g/mol. The highest BCUT2D eigenvalue weighted by atomic mass is 32.2. The third kappa shape index (κ3) is 6.64. The number of amides is 1. The number of hydrogen-bond donors (Lipinski definition) is 2. The number of esters is 1. The summed E-state index contributed by atoms with van der Waals surface area (Å²) in [6, 6.07) is 2.90. The summed E-state index contributed by atoms with van der Waals surface area (Å²) < 4.78 is 68.6. The summed E-state index contributed by atoms with van der Waals surface area (Å²) in [6.07, 6.45) is -5.85. The molecule has 2 N–H and O–H groups in total. The number of hydrogen-bond acceptors (Lipinski definition) is 5. The molecule has 26 heavy (non-hydrogen) atoms. The van der Waals surface area contributed by atoms with Crippen molar-refractivity contribution in [2.45, 2.75) is 44.0 Å². The summed E-state index contributed by atoms with van der Waals surface area (Å²) >= 11 is 0. The van der Waals surface area contributed by atoms with Crippen molar-refractivity contribution in [2.75, 3.05) is 6.54 Å². The first kappa shape index (κ1) is 21.9. The van der Waals surface area contributed by atoms with E-state index in [1.807, 2.05) is 4.72 Å². The number of halogens is 3. The van der Waals surface area contributed by atoms with Crippen molar-refractivity contribution in [3.05, 3.63) is 29.8 Å². The Hall–Kier alpha value is -2.14. The zero-order chi connectivity index (χ0) is 20.1. The average molecular weight is 396 g/mol. The lowest BCUT2D eigenvalue weighted by atomic mass is 10.2. The van der Waals surface area contributed by atoms with E-state index >= 15 is 0 Å². The molecule has 1 amide bonds. The van der Waals surface area contributed by atoms with E-state index in [0.717, 1.165) is 18.2 Å². The van der Waals surface area contributed by atoms with Crippen LogP contribution in [0.1, 0.15) is 26.3 Å². The third-order valence-electron chi connectivity index (χ3n) is 2.99. The van der Waals surface area contributed by atoms with Gasteiger partial charge in [0, 0.05) is 6.04 Å². The Morgan fingerprint density at radius 1 is 1.19 bits per heavy atom. The van der Waals surface area contributed by atoms with Crippen LogP contribution in [0.5, 0.6) is 0 Å². The molecule has 1 unspecified atom stereocenters. The van der Waals surface area contributed by atoms with Gasteiger partial charge in [-0.3, -0.25) is 9.59 Å². The topological polar surface area (TPSA) is 102 Å². The van der Waals surface area contributed by atoms with E-state index in [4.69, 9.17) is 4.74 Å².